The van der Waals surface area contributed by atoms with E-state index in [0.29, 0.717) is 23.4 Å². The maximum atomic E-state index is 12.8. The van der Waals surface area contributed by atoms with Gasteiger partial charge in [-0.2, -0.15) is 0 Å². The summed E-state index contributed by atoms with van der Waals surface area (Å²) in [6.07, 6.45) is 0. The van der Waals surface area contributed by atoms with E-state index in [4.69, 9.17) is 0 Å². The van der Waals surface area contributed by atoms with E-state index in [2.05, 4.69) is 10.3 Å². The van der Waals surface area contributed by atoms with Crippen molar-refractivity contribution in [1.82, 2.24) is 14.9 Å². The number of nitrogens with zero attached hydrogens (tertiary/aromatic N) is 2. The highest BCUT2D eigenvalue weighted by Crippen LogP contribution is 2.18. The Balaban J connectivity index is 2.03. The van der Waals surface area contributed by atoms with E-state index < -0.39 is 0 Å². The Hall–Kier alpha value is -2.95. The summed E-state index contributed by atoms with van der Waals surface area (Å²) in [7, 11) is 0. The molecule has 26 heavy (non-hydrogen) atoms. The molecule has 1 aromatic heterocycles. The number of benzene rings is 2. The van der Waals surface area contributed by atoms with Gasteiger partial charge < -0.3 is 9.88 Å². The van der Waals surface area contributed by atoms with E-state index in [1.54, 1.807) is 28.8 Å². The van der Waals surface area contributed by atoms with Crippen LogP contribution in [0.2, 0.25) is 0 Å². The van der Waals surface area contributed by atoms with Crippen molar-refractivity contribution >= 4 is 16.9 Å². The Kier molecular flexibility index (Phi) is 4.64. The Morgan fingerprint density at radius 3 is 2.35 bits per heavy atom. The molecule has 2 aromatic carbocycles. The SMILES string of the molecule is CCn1c(=O)c(-c2ccc(C(=O)NC(C)(C)C)cc2)nc2ccccc21. The maximum absolute atomic E-state index is 12.8. The average Bonchev–Trinajstić information content (AvgIpc) is 2.60. The number of rotatable bonds is 3. The molecular weight excluding hydrogens is 326 g/mol. The van der Waals surface area contributed by atoms with E-state index in [1.165, 1.54) is 0 Å². The van der Waals surface area contributed by atoms with Crippen molar-refractivity contribution in [3.63, 3.8) is 0 Å². The normalized spacial score (nSPS) is 11.5. The van der Waals surface area contributed by atoms with Crippen LogP contribution in [0, 0.1) is 0 Å². The molecule has 0 fully saturated rings. The van der Waals surface area contributed by atoms with E-state index >= 15 is 0 Å². The molecule has 0 spiro atoms. The molecule has 3 rings (SSSR count). The first kappa shape index (κ1) is 17.9. The molecule has 0 saturated heterocycles. The second kappa shape index (κ2) is 6.75. The molecule has 134 valence electrons. The molecule has 0 aliphatic carbocycles. The third-order valence-corrected chi connectivity index (χ3v) is 4.08. The van der Waals surface area contributed by atoms with Crippen LogP contribution in [0.25, 0.3) is 22.3 Å². The van der Waals surface area contributed by atoms with Crippen molar-refractivity contribution in [2.75, 3.05) is 0 Å². The van der Waals surface area contributed by atoms with Gasteiger partial charge in [-0.1, -0.05) is 24.3 Å². The third-order valence-electron chi connectivity index (χ3n) is 4.08. The Morgan fingerprint density at radius 2 is 1.73 bits per heavy atom. The third kappa shape index (κ3) is 3.52. The zero-order valence-corrected chi connectivity index (χ0v) is 15.5. The first-order valence-corrected chi connectivity index (χ1v) is 8.72. The summed E-state index contributed by atoms with van der Waals surface area (Å²) >= 11 is 0. The van der Waals surface area contributed by atoms with Crippen LogP contribution in [0.1, 0.15) is 38.1 Å². The van der Waals surface area contributed by atoms with Crippen molar-refractivity contribution in [3.05, 3.63) is 64.4 Å². The van der Waals surface area contributed by atoms with Gasteiger partial charge in [0.05, 0.1) is 11.0 Å². The summed E-state index contributed by atoms with van der Waals surface area (Å²) in [6.45, 7) is 8.32. The van der Waals surface area contributed by atoms with Crippen LogP contribution in [0.5, 0.6) is 0 Å². The molecule has 3 aromatic rings. The van der Waals surface area contributed by atoms with Gasteiger partial charge >= 0.3 is 0 Å². The first-order valence-electron chi connectivity index (χ1n) is 8.72. The van der Waals surface area contributed by atoms with Crippen molar-refractivity contribution in [3.8, 4) is 11.3 Å². The van der Waals surface area contributed by atoms with Crippen LogP contribution in [-0.4, -0.2) is 21.0 Å². The van der Waals surface area contributed by atoms with Gasteiger partial charge in [-0.3, -0.25) is 9.59 Å². The van der Waals surface area contributed by atoms with Gasteiger partial charge in [-0.05, 0) is 52.0 Å². The molecule has 1 heterocycles. The Bertz CT molecular complexity index is 1010. The molecule has 1 amide bonds. The van der Waals surface area contributed by atoms with E-state index in [0.717, 1.165) is 11.0 Å². The largest absolute Gasteiger partial charge is 0.347 e. The molecule has 0 atom stereocenters. The molecule has 5 nitrogen and oxygen atoms in total. The number of nitrogens with one attached hydrogen (secondary N) is 1. The average molecular weight is 349 g/mol. The lowest BCUT2D eigenvalue weighted by molar-refractivity contribution is 0.0919. The fourth-order valence-corrected chi connectivity index (χ4v) is 2.89. The number of hydrogen-bond acceptors (Lipinski definition) is 3. The van der Waals surface area contributed by atoms with Gasteiger partial charge in [0.15, 0.2) is 0 Å². The predicted octanol–water partition coefficient (Wildman–Crippen LogP) is 3.61. The molecule has 1 N–H and O–H groups in total. The van der Waals surface area contributed by atoms with Gasteiger partial charge in [0, 0.05) is 23.2 Å². The van der Waals surface area contributed by atoms with Crippen molar-refractivity contribution in [2.24, 2.45) is 0 Å². The van der Waals surface area contributed by atoms with E-state index in [1.807, 2.05) is 52.0 Å². The highest BCUT2D eigenvalue weighted by atomic mass is 16.2. The number of aromatic nitrogens is 2. The number of hydrogen-bond donors (Lipinski definition) is 1. The second-order valence-corrected chi connectivity index (χ2v) is 7.28. The zero-order valence-electron chi connectivity index (χ0n) is 15.5. The quantitative estimate of drug-likeness (QED) is 0.785. The predicted molar refractivity (Wildman–Crippen MR) is 104 cm³/mol. The smallest absolute Gasteiger partial charge is 0.277 e. The molecule has 0 radical (unpaired) electrons. The lowest BCUT2D eigenvalue weighted by Gasteiger charge is -2.20. The summed E-state index contributed by atoms with van der Waals surface area (Å²) in [5.74, 6) is -0.138. The van der Waals surface area contributed by atoms with Gasteiger partial charge in [-0.15, -0.1) is 0 Å². The number of carbonyl (C=O) groups excluding carboxylic acids is 1. The molecule has 0 bridgehead atoms. The van der Waals surface area contributed by atoms with E-state index in [9.17, 15) is 9.59 Å². The highest BCUT2D eigenvalue weighted by Gasteiger charge is 2.16. The molecular formula is C21H23N3O2. The minimum atomic E-state index is -0.301. The van der Waals surface area contributed by atoms with Gasteiger partial charge in [0.25, 0.3) is 11.5 Å². The zero-order chi connectivity index (χ0) is 18.9. The van der Waals surface area contributed by atoms with Crippen molar-refractivity contribution in [1.29, 1.82) is 0 Å². The molecule has 5 heteroatoms. The van der Waals surface area contributed by atoms with Crippen LogP contribution in [-0.2, 0) is 6.54 Å². The molecule has 0 saturated carbocycles. The second-order valence-electron chi connectivity index (χ2n) is 7.28. The summed E-state index contributed by atoms with van der Waals surface area (Å²) in [6, 6.07) is 14.6. The van der Waals surface area contributed by atoms with Crippen molar-refractivity contribution in [2.45, 2.75) is 39.8 Å². The topological polar surface area (TPSA) is 64.0 Å². The van der Waals surface area contributed by atoms with Crippen LogP contribution in [0.15, 0.2) is 53.3 Å². The highest BCUT2D eigenvalue weighted by molar-refractivity contribution is 5.95. The van der Waals surface area contributed by atoms with E-state index in [-0.39, 0.29) is 17.0 Å². The minimum absolute atomic E-state index is 0.127. The fourth-order valence-electron chi connectivity index (χ4n) is 2.89. The van der Waals surface area contributed by atoms with Crippen LogP contribution in [0.3, 0.4) is 0 Å². The summed E-state index contributed by atoms with van der Waals surface area (Å²) in [4.78, 5) is 29.7. The van der Waals surface area contributed by atoms with Crippen LogP contribution >= 0.6 is 0 Å². The summed E-state index contributed by atoms with van der Waals surface area (Å²) in [5.41, 5.74) is 2.83. The molecule has 0 unspecified atom stereocenters. The lowest BCUT2D eigenvalue weighted by Crippen LogP contribution is -2.40. The number of fused-ring (bicyclic) bond motifs is 1. The van der Waals surface area contributed by atoms with Gasteiger partial charge in [-0.25, -0.2) is 4.98 Å². The molecule has 0 aliphatic heterocycles. The summed E-state index contributed by atoms with van der Waals surface area (Å²) in [5, 5.41) is 2.93. The minimum Gasteiger partial charge on any atom is -0.347 e. The maximum Gasteiger partial charge on any atom is 0.277 e. The van der Waals surface area contributed by atoms with Crippen LogP contribution < -0.4 is 10.9 Å². The lowest BCUT2D eigenvalue weighted by atomic mass is 10.1. The van der Waals surface area contributed by atoms with Crippen LogP contribution in [0.4, 0.5) is 0 Å². The Labute approximate surface area is 152 Å². The summed E-state index contributed by atoms with van der Waals surface area (Å²) < 4.78 is 1.72. The first-order chi connectivity index (χ1) is 12.3. The number of amides is 1. The number of carbonyl (C=O) groups is 1. The Morgan fingerprint density at radius 1 is 1.08 bits per heavy atom. The number of para-hydroxylation sites is 2. The van der Waals surface area contributed by atoms with Gasteiger partial charge in [0.2, 0.25) is 0 Å². The van der Waals surface area contributed by atoms with Crippen molar-refractivity contribution < 1.29 is 4.79 Å². The van der Waals surface area contributed by atoms with Gasteiger partial charge in [0.1, 0.15) is 5.69 Å². The standard InChI is InChI=1S/C21H23N3O2/c1-5-24-17-9-7-6-8-16(17)22-18(20(24)26)14-10-12-15(13-11-14)19(25)23-21(2,3)4/h6-13H,5H2,1-4H3,(H,23,25). The monoisotopic (exact) mass is 349 g/mol. The molecule has 0 aliphatic rings. The number of aryl methyl sites for hydroxylation is 1. The fraction of sp³-hybridized carbons (Fsp3) is 0.286.